The highest BCUT2D eigenvalue weighted by Gasteiger charge is 2.37. The molecule has 0 radical (unpaired) electrons. The van der Waals surface area contributed by atoms with Gasteiger partial charge in [0, 0.05) is 6.54 Å². The van der Waals surface area contributed by atoms with E-state index in [0.29, 0.717) is 19.4 Å². The molecular formula is C14H20BNO4. The summed E-state index contributed by atoms with van der Waals surface area (Å²) < 4.78 is 0. The van der Waals surface area contributed by atoms with E-state index >= 15 is 0 Å². The highest BCUT2D eigenvalue weighted by Crippen LogP contribution is 2.41. The van der Waals surface area contributed by atoms with Gasteiger partial charge in [0.25, 0.3) is 0 Å². The molecule has 2 atom stereocenters. The summed E-state index contributed by atoms with van der Waals surface area (Å²) in [6.07, 6.45) is 2.31. The molecule has 0 saturated carbocycles. The van der Waals surface area contributed by atoms with Crippen molar-refractivity contribution in [3.05, 3.63) is 34.9 Å². The molecule has 1 aliphatic rings. The lowest BCUT2D eigenvalue weighted by molar-refractivity contribution is -0.139. The van der Waals surface area contributed by atoms with Crippen LogP contribution in [0.1, 0.15) is 35.4 Å². The summed E-state index contributed by atoms with van der Waals surface area (Å²) in [5.41, 5.74) is 8.57. The molecule has 108 valence electrons. The topological polar surface area (TPSA) is 104 Å². The quantitative estimate of drug-likeness (QED) is 0.574. The summed E-state index contributed by atoms with van der Waals surface area (Å²) in [5, 5.41) is 27.2. The molecule has 0 spiro atoms. The Balaban J connectivity index is 2.13. The number of carbonyl (C=O) groups is 1. The molecule has 0 fully saturated rings. The zero-order valence-corrected chi connectivity index (χ0v) is 11.3. The highest BCUT2D eigenvalue weighted by molar-refractivity contribution is 6.40. The first-order valence-corrected chi connectivity index (χ1v) is 6.93. The van der Waals surface area contributed by atoms with Gasteiger partial charge in [-0.1, -0.05) is 24.6 Å². The van der Waals surface area contributed by atoms with E-state index < -0.39 is 19.0 Å². The van der Waals surface area contributed by atoms with Gasteiger partial charge in [0.15, 0.2) is 0 Å². The van der Waals surface area contributed by atoms with E-state index in [-0.39, 0.29) is 12.2 Å². The minimum absolute atomic E-state index is 0.0225. The van der Waals surface area contributed by atoms with Crippen molar-refractivity contribution < 1.29 is 19.9 Å². The normalized spacial score (nSPS) is 20.8. The average molecular weight is 277 g/mol. The molecule has 1 aromatic carbocycles. The van der Waals surface area contributed by atoms with Crippen LogP contribution in [-0.4, -0.2) is 28.2 Å². The smallest absolute Gasteiger partial charge is 0.451 e. The molecule has 5 nitrogen and oxygen atoms in total. The third kappa shape index (κ3) is 3.20. The molecule has 0 heterocycles. The molecule has 0 bridgehead atoms. The van der Waals surface area contributed by atoms with Crippen molar-refractivity contribution in [1.29, 1.82) is 0 Å². The fourth-order valence-electron chi connectivity index (χ4n) is 3.09. The number of rotatable bonds is 6. The summed E-state index contributed by atoms with van der Waals surface area (Å²) in [4.78, 5) is 11.5. The Morgan fingerprint density at radius 2 is 2.15 bits per heavy atom. The SMILES string of the molecule is NCc1ccc2c(c1)CC(CCCB(O)O)[C@@H]2C(=O)O. The number of benzene rings is 1. The predicted molar refractivity (Wildman–Crippen MR) is 76.1 cm³/mol. The van der Waals surface area contributed by atoms with Crippen molar-refractivity contribution in [3.63, 3.8) is 0 Å². The molecule has 1 aliphatic carbocycles. The van der Waals surface area contributed by atoms with Crippen LogP contribution >= 0.6 is 0 Å². The van der Waals surface area contributed by atoms with Crippen molar-refractivity contribution in [2.75, 3.05) is 0 Å². The van der Waals surface area contributed by atoms with E-state index in [1.807, 2.05) is 18.2 Å². The van der Waals surface area contributed by atoms with E-state index in [9.17, 15) is 9.90 Å². The minimum atomic E-state index is -1.31. The Hall–Kier alpha value is -1.37. The molecule has 0 aromatic heterocycles. The summed E-state index contributed by atoms with van der Waals surface area (Å²) in [6.45, 7) is 0.451. The Morgan fingerprint density at radius 3 is 2.75 bits per heavy atom. The van der Waals surface area contributed by atoms with E-state index in [1.54, 1.807) is 0 Å². The monoisotopic (exact) mass is 277 g/mol. The second-order valence-corrected chi connectivity index (χ2v) is 5.43. The van der Waals surface area contributed by atoms with Crippen LogP contribution in [0.5, 0.6) is 0 Å². The third-order valence-corrected chi connectivity index (χ3v) is 4.03. The number of carboxylic acids is 1. The maximum absolute atomic E-state index is 11.5. The standard InChI is InChI=1S/C14H20BNO4/c16-8-9-3-4-12-11(6-9)7-10(13(12)14(17)18)2-1-5-15(19)20/h3-4,6,10,13,19-20H,1-2,5,7-8,16H2,(H,17,18)/t10?,13-/m0/s1. The zero-order chi connectivity index (χ0) is 14.7. The van der Waals surface area contributed by atoms with Gasteiger partial charge in [0.1, 0.15) is 0 Å². The van der Waals surface area contributed by atoms with Crippen LogP contribution in [-0.2, 0) is 17.8 Å². The Kier molecular flexibility index (Phi) is 4.80. The van der Waals surface area contributed by atoms with Gasteiger partial charge in [-0.15, -0.1) is 0 Å². The van der Waals surface area contributed by atoms with Crippen LogP contribution in [0.3, 0.4) is 0 Å². The number of aliphatic carboxylic acids is 1. The van der Waals surface area contributed by atoms with Crippen molar-refractivity contribution in [2.24, 2.45) is 11.7 Å². The fourth-order valence-corrected chi connectivity index (χ4v) is 3.09. The average Bonchev–Trinajstić information content (AvgIpc) is 2.75. The van der Waals surface area contributed by atoms with Crippen molar-refractivity contribution in [1.82, 2.24) is 0 Å². The number of hydrogen-bond acceptors (Lipinski definition) is 4. The maximum Gasteiger partial charge on any atom is 0.451 e. The number of nitrogens with two attached hydrogens (primary N) is 1. The van der Waals surface area contributed by atoms with Gasteiger partial charge in [-0.3, -0.25) is 4.79 Å². The number of carboxylic acid groups (broad SMARTS) is 1. The largest absolute Gasteiger partial charge is 0.481 e. The summed E-state index contributed by atoms with van der Waals surface area (Å²) in [6, 6.07) is 5.75. The first-order valence-electron chi connectivity index (χ1n) is 6.93. The van der Waals surface area contributed by atoms with Gasteiger partial charge < -0.3 is 20.9 Å². The van der Waals surface area contributed by atoms with Crippen LogP contribution in [0.25, 0.3) is 0 Å². The lowest BCUT2D eigenvalue weighted by Crippen LogP contribution is -2.18. The van der Waals surface area contributed by atoms with Gasteiger partial charge in [-0.25, -0.2) is 0 Å². The van der Waals surface area contributed by atoms with Crippen molar-refractivity contribution in [3.8, 4) is 0 Å². The second kappa shape index (κ2) is 6.39. The van der Waals surface area contributed by atoms with Crippen LogP contribution in [0, 0.1) is 5.92 Å². The second-order valence-electron chi connectivity index (χ2n) is 5.43. The zero-order valence-electron chi connectivity index (χ0n) is 11.3. The van der Waals surface area contributed by atoms with Crippen LogP contribution < -0.4 is 5.73 Å². The fraction of sp³-hybridized carbons (Fsp3) is 0.500. The van der Waals surface area contributed by atoms with Gasteiger partial charge in [0.2, 0.25) is 0 Å². The Morgan fingerprint density at radius 1 is 1.40 bits per heavy atom. The minimum Gasteiger partial charge on any atom is -0.481 e. The predicted octanol–water partition coefficient (Wildman–Crippen LogP) is 0.739. The van der Waals surface area contributed by atoms with Gasteiger partial charge in [-0.05, 0) is 41.8 Å². The van der Waals surface area contributed by atoms with E-state index in [2.05, 4.69) is 0 Å². The van der Waals surface area contributed by atoms with Crippen molar-refractivity contribution in [2.45, 2.75) is 38.0 Å². The Bertz CT molecular complexity index is 492. The van der Waals surface area contributed by atoms with Crippen LogP contribution in [0.2, 0.25) is 6.32 Å². The first-order chi connectivity index (χ1) is 9.52. The van der Waals surface area contributed by atoms with E-state index in [0.717, 1.165) is 23.1 Å². The van der Waals surface area contributed by atoms with Gasteiger partial charge in [-0.2, -0.15) is 0 Å². The van der Waals surface area contributed by atoms with Crippen LogP contribution in [0.15, 0.2) is 18.2 Å². The third-order valence-electron chi connectivity index (χ3n) is 4.03. The molecule has 5 N–H and O–H groups in total. The number of fused-ring (bicyclic) bond motifs is 1. The lowest BCUT2D eigenvalue weighted by Gasteiger charge is -2.16. The molecule has 0 amide bonds. The van der Waals surface area contributed by atoms with E-state index in [4.69, 9.17) is 15.8 Å². The molecule has 6 heteroatoms. The molecule has 0 aliphatic heterocycles. The molecule has 20 heavy (non-hydrogen) atoms. The Labute approximate surface area is 118 Å². The summed E-state index contributed by atoms with van der Waals surface area (Å²) in [5.74, 6) is -1.28. The van der Waals surface area contributed by atoms with Crippen LogP contribution in [0.4, 0.5) is 0 Å². The van der Waals surface area contributed by atoms with E-state index in [1.165, 1.54) is 0 Å². The lowest BCUT2D eigenvalue weighted by atomic mass is 9.80. The molecule has 1 aromatic rings. The molecule has 2 rings (SSSR count). The summed E-state index contributed by atoms with van der Waals surface area (Å²) in [7, 11) is -1.31. The maximum atomic E-state index is 11.5. The van der Waals surface area contributed by atoms with Gasteiger partial charge >= 0.3 is 13.1 Å². The first kappa shape index (κ1) is 15.0. The molecule has 0 saturated heterocycles. The van der Waals surface area contributed by atoms with Crippen molar-refractivity contribution >= 4 is 13.1 Å². The van der Waals surface area contributed by atoms with Gasteiger partial charge in [0.05, 0.1) is 5.92 Å². The number of hydrogen-bond donors (Lipinski definition) is 4. The highest BCUT2D eigenvalue weighted by atomic mass is 16.4. The molecular weight excluding hydrogens is 257 g/mol. The summed E-state index contributed by atoms with van der Waals surface area (Å²) >= 11 is 0. The molecule has 1 unspecified atom stereocenters.